The van der Waals surface area contributed by atoms with Crippen LogP contribution in [-0.4, -0.2) is 23.0 Å². The van der Waals surface area contributed by atoms with E-state index in [1.807, 2.05) is 18.2 Å². The fraction of sp³-hybridized carbons (Fsp3) is 0.118. The number of hydrogen-bond donors (Lipinski definition) is 1. The smallest absolute Gasteiger partial charge is 0.222 e. The molecule has 0 bridgehead atoms. The first-order valence-corrected chi connectivity index (χ1v) is 7.00. The van der Waals surface area contributed by atoms with Crippen LogP contribution in [0.4, 0.5) is 5.82 Å². The molecule has 2 aromatic heterocycles. The molecule has 3 aromatic rings. The first-order chi connectivity index (χ1) is 11.2. The van der Waals surface area contributed by atoms with Crippen molar-refractivity contribution in [2.45, 2.75) is 6.92 Å². The Morgan fingerprint density at radius 1 is 1.09 bits per heavy atom. The molecule has 0 spiro atoms. The molecule has 0 saturated heterocycles. The van der Waals surface area contributed by atoms with Gasteiger partial charge in [0.15, 0.2) is 0 Å². The van der Waals surface area contributed by atoms with Gasteiger partial charge in [-0.1, -0.05) is 0 Å². The van der Waals surface area contributed by atoms with Crippen LogP contribution in [0.3, 0.4) is 0 Å². The molecule has 1 N–H and O–H groups in total. The lowest BCUT2D eigenvalue weighted by molar-refractivity contribution is -0.114. The lowest BCUT2D eigenvalue weighted by Gasteiger charge is -2.09. The third kappa shape index (κ3) is 3.37. The van der Waals surface area contributed by atoms with E-state index < -0.39 is 0 Å². The van der Waals surface area contributed by atoms with Crippen molar-refractivity contribution in [2.24, 2.45) is 0 Å². The van der Waals surface area contributed by atoms with Gasteiger partial charge in [0.25, 0.3) is 0 Å². The average Bonchev–Trinajstić information content (AvgIpc) is 2.56. The Labute approximate surface area is 133 Å². The van der Waals surface area contributed by atoms with E-state index in [-0.39, 0.29) is 5.91 Å². The van der Waals surface area contributed by atoms with Crippen molar-refractivity contribution in [3.8, 4) is 17.2 Å². The minimum Gasteiger partial charge on any atom is -0.497 e. The van der Waals surface area contributed by atoms with Gasteiger partial charge in [-0.2, -0.15) is 0 Å². The molecule has 0 atom stereocenters. The number of nitrogens with zero attached hydrogens (tertiary/aromatic N) is 2. The van der Waals surface area contributed by atoms with Crippen LogP contribution in [0, 0.1) is 0 Å². The molecule has 3 rings (SSSR count). The minimum atomic E-state index is -0.166. The summed E-state index contributed by atoms with van der Waals surface area (Å²) in [7, 11) is 1.61. The van der Waals surface area contributed by atoms with Crippen LogP contribution in [0.1, 0.15) is 6.92 Å². The van der Waals surface area contributed by atoms with Gasteiger partial charge < -0.3 is 14.8 Å². The number of pyridine rings is 2. The quantitative estimate of drug-likeness (QED) is 0.799. The minimum absolute atomic E-state index is 0.166. The number of aromatic nitrogens is 2. The summed E-state index contributed by atoms with van der Waals surface area (Å²) in [5, 5.41) is 3.48. The number of ether oxygens (including phenoxy) is 2. The van der Waals surface area contributed by atoms with Crippen LogP contribution in [0.25, 0.3) is 10.9 Å². The summed E-state index contributed by atoms with van der Waals surface area (Å²) in [4.78, 5) is 19.4. The van der Waals surface area contributed by atoms with Crippen LogP contribution < -0.4 is 14.8 Å². The average molecular weight is 309 g/mol. The molecule has 6 nitrogen and oxygen atoms in total. The van der Waals surface area contributed by atoms with Crippen molar-refractivity contribution < 1.29 is 14.3 Å². The van der Waals surface area contributed by atoms with Crippen LogP contribution in [-0.2, 0) is 4.79 Å². The molecule has 6 heteroatoms. The predicted octanol–water partition coefficient (Wildman–Crippen LogP) is 3.39. The van der Waals surface area contributed by atoms with E-state index in [1.54, 1.807) is 37.7 Å². The van der Waals surface area contributed by atoms with Gasteiger partial charge in [0.05, 0.1) is 18.8 Å². The zero-order chi connectivity index (χ0) is 16.2. The van der Waals surface area contributed by atoms with Crippen molar-refractivity contribution in [1.29, 1.82) is 0 Å². The molecule has 1 amide bonds. The van der Waals surface area contributed by atoms with Crippen molar-refractivity contribution in [2.75, 3.05) is 12.4 Å². The van der Waals surface area contributed by atoms with Gasteiger partial charge in [0.2, 0.25) is 5.91 Å². The van der Waals surface area contributed by atoms with E-state index in [1.165, 1.54) is 6.92 Å². The van der Waals surface area contributed by atoms with Crippen molar-refractivity contribution in [3.63, 3.8) is 0 Å². The number of benzene rings is 1. The highest BCUT2D eigenvalue weighted by Crippen LogP contribution is 2.30. The van der Waals surface area contributed by atoms with Gasteiger partial charge in [0.1, 0.15) is 23.1 Å². The topological polar surface area (TPSA) is 73.3 Å². The summed E-state index contributed by atoms with van der Waals surface area (Å²) in [6.45, 7) is 1.43. The van der Waals surface area contributed by atoms with Gasteiger partial charge >= 0.3 is 0 Å². The monoisotopic (exact) mass is 309 g/mol. The van der Waals surface area contributed by atoms with Gasteiger partial charge in [-0.15, -0.1) is 0 Å². The van der Waals surface area contributed by atoms with Crippen molar-refractivity contribution in [1.82, 2.24) is 9.97 Å². The molecule has 2 heterocycles. The van der Waals surface area contributed by atoms with E-state index in [0.717, 1.165) is 16.7 Å². The molecule has 116 valence electrons. The third-order valence-corrected chi connectivity index (χ3v) is 3.18. The number of fused-ring (bicyclic) bond motifs is 1. The lowest BCUT2D eigenvalue weighted by Crippen LogP contribution is -2.06. The van der Waals surface area contributed by atoms with Crippen LogP contribution >= 0.6 is 0 Å². The molecular weight excluding hydrogens is 294 g/mol. The summed E-state index contributed by atoms with van der Waals surface area (Å²) in [5.74, 6) is 2.30. The normalized spacial score (nSPS) is 10.3. The van der Waals surface area contributed by atoms with Crippen molar-refractivity contribution in [3.05, 3.63) is 48.8 Å². The summed E-state index contributed by atoms with van der Waals surface area (Å²) in [6.07, 6.45) is 3.23. The number of anilines is 1. The number of hydrogen-bond acceptors (Lipinski definition) is 5. The molecule has 0 aliphatic heterocycles. The summed E-state index contributed by atoms with van der Waals surface area (Å²) in [6, 6.07) is 10.8. The molecule has 0 aliphatic rings. The summed E-state index contributed by atoms with van der Waals surface area (Å²) >= 11 is 0. The maximum absolute atomic E-state index is 11.0. The summed E-state index contributed by atoms with van der Waals surface area (Å²) in [5.41, 5.74) is 0.782. The Hall–Kier alpha value is -3.15. The van der Waals surface area contributed by atoms with E-state index in [0.29, 0.717) is 17.3 Å². The first-order valence-electron chi connectivity index (χ1n) is 7.00. The highest BCUT2D eigenvalue weighted by atomic mass is 16.5. The second-order valence-electron chi connectivity index (χ2n) is 4.85. The highest BCUT2D eigenvalue weighted by molar-refractivity contribution is 5.87. The summed E-state index contributed by atoms with van der Waals surface area (Å²) < 4.78 is 11.1. The maximum Gasteiger partial charge on any atom is 0.222 e. The zero-order valence-electron chi connectivity index (χ0n) is 12.7. The van der Waals surface area contributed by atoms with Crippen LogP contribution in [0.5, 0.6) is 17.2 Å². The molecular formula is C17H15N3O3. The van der Waals surface area contributed by atoms with Crippen LogP contribution in [0.15, 0.2) is 48.8 Å². The number of amides is 1. The second kappa shape index (κ2) is 6.31. The zero-order valence-corrected chi connectivity index (χ0v) is 12.7. The predicted molar refractivity (Wildman–Crippen MR) is 86.9 cm³/mol. The number of carbonyl (C=O) groups excluding carboxylic acids is 1. The number of methoxy groups -OCH3 is 1. The first kappa shape index (κ1) is 14.8. The van der Waals surface area contributed by atoms with Crippen LogP contribution in [0.2, 0.25) is 0 Å². The van der Waals surface area contributed by atoms with Crippen molar-refractivity contribution >= 4 is 22.6 Å². The SMILES string of the molecule is COc1ccc2c(Oc3ccc(NC(C)=O)nc3)ccnc2c1. The highest BCUT2D eigenvalue weighted by Gasteiger charge is 2.06. The standard InChI is InChI=1S/C17H15N3O3/c1-11(21)20-17-6-4-13(10-19-17)23-16-7-8-18-15-9-12(22-2)3-5-14(15)16/h3-10H,1-2H3,(H,19,20,21). The van der Waals surface area contributed by atoms with Gasteiger partial charge in [-0.25, -0.2) is 4.98 Å². The van der Waals surface area contributed by atoms with E-state index in [4.69, 9.17) is 9.47 Å². The fourth-order valence-corrected chi connectivity index (χ4v) is 2.14. The van der Waals surface area contributed by atoms with E-state index in [2.05, 4.69) is 15.3 Å². The largest absolute Gasteiger partial charge is 0.497 e. The molecule has 0 radical (unpaired) electrons. The number of rotatable bonds is 4. The number of nitrogens with one attached hydrogen (secondary N) is 1. The fourth-order valence-electron chi connectivity index (χ4n) is 2.14. The molecule has 0 saturated carbocycles. The van der Waals surface area contributed by atoms with Gasteiger partial charge in [-0.05, 0) is 30.3 Å². The van der Waals surface area contributed by atoms with E-state index in [9.17, 15) is 4.79 Å². The molecule has 23 heavy (non-hydrogen) atoms. The Balaban J connectivity index is 1.87. The van der Waals surface area contributed by atoms with Gasteiger partial charge in [0, 0.05) is 24.6 Å². The van der Waals surface area contributed by atoms with Gasteiger partial charge in [-0.3, -0.25) is 9.78 Å². The molecule has 0 fully saturated rings. The molecule has 0 unspecified atom stereocenters. The molecule has 1 aromatic carbocycles. The second-order valence-corrected chi connectivity index (χ2v) is 4.85. The Morgan fingerprint density at radius 2 is 1.91 bits per heavy atom. The Bertz CT molecular complexity index is 847. The Kier molecular flexibility index (Phi) is 4.05. The Morgan fingerprint density at radius 3 is 2.61 bits per heavy atom. The number of carbonyl (C=O) groups is 1. The lowest BCUT2D eigenvalue weighted by atomic mass is 10.2. The maximum atomic E-state index is 11.0. The van der Waals surface area contributed by atoms with E-state index >= 15 is 0 Å². The molecule has 0 aliphatic carbocycles. The third-order valence-electron chi connectivity index (χ3n) is 3.18.